The van der Waals surface area contributed by atoms with Gasteiger partial charge in [0.1, 0.15) is 0 Å². The largest absolute Gasteiger partial charge is 0.417 e. The molecule has 0 bridgehead atoms. The van der Waals surface area contributed by atoms with Crippen molar-refractivity contribution in [3.63, 3.8) is 0 Å². The van der Waals surface area contributed by atoms with Crippen molar-refractivity contribution < 1.29 is 26.3 Å². The predicted octanol–water partition coefficient (Wildman–Crippen LogP) is 5.82. The molecular weight excluding hydrogens is 396 g/mol. The van der Waals surface area contributed by atoms with Gasteiger partial charge in [0.25, 0.3) is 0 Å². The summed E-state index contributed by atoms with van der Waals surface area (Å²) in [5.74, 6) is 0. The summed E-state index contributed by atoms with van der Waals surface area (Å²) in [6.07, 6.45) is -9.68. The van der Waals surface area contributed by atoms with E-state index in [0.717, 1.165) is 30.0 Å². The van der Waals surface area contributed by atoms with E-state index in [0.29, 0.717) is 12.1 Å². The number of hydrogen-bond acceptors (Lipinski definition) is 3. The zero-order chi connectivity index (χ0) is 21.8. The quantitative estimate of drug-likeness (QED) is 0.347. The van der Waals surface area contributed by atoms with Crippen molar-refractivity contribution in [2.45, 2.75) is 12.4 Å². The number of halogens is 6. The molecule has 0 aliphatic carbocycles. The van der Waals surface area contributed by atoms with E-state index in [4.69, 9.17) is 17.2 Å². The average Bonchev–Trinajstić information content (AvgIpc) is 2.62. The van der Waals surface area contributed by atoms with Crippen LogP contribution in [0.2, 0.25) is 0 Å². The van der Waals surface area contributed by atoms with Crippen LogP contribution in [0.4, 0.5) is 43.4 Å². The van der Waals surface area contributed by atoms with Crippen LogP contribution in [-0.2, 0) is 12.4 Å². The molecule has 0 saturated carbocycles. The van der Waals surface area contributed by atoms with Crippen molar-refractivity contribution in [2.24, 2.45) is 0 Å². The molecule has 0 fully saturated rings. The first-order valence-electron chi connectivity index (χ1n) is 8.14. The van der Waals surface area contributed by atoms with Crippen molar-refractivity contribution in [1.82, 2.24) is 0 Å². The maximum atomic E-state index is 13.1. The average molecular weight is 413 g/mol. The molecule has 0 atom stereocenters. The molecule has 3 aromatic carbocycles. The zero-order valence-electron chi connectivity index (χ0n) is 14.9. The molecule has 0 unspecified atom stereocenters. The predicted molar refractivity (Wildman–Crippen MR) is 102 cm³/mol. The first kappa shape index (κ1) is 21.9. The second-order valence-corrected chi connectivity index (χ2v) is 6.02. The molecule has 3 aromatic rings. The van der Waals surface area contributed by atoms with Crippen LogP contribution in [0.3, 0.4) is 0 Å². The molecule has 0 heterocycles. The molecule has 9 heteroatoms. The molecule has 3 rings (SSSR count). The molecule has 0 amide bonds. The van der Waals surface area contributed by atoms with Crippen molar-refractivity contribution in [1.29, 1.82) is 0 Å². The summed E-state index contributed by atoms with van der Waals surface area (Å²) in [5.41, 5.74) is 12.7. The summed E-state index contributed by atoms with van der Waals surface area (Å²) < 4.78 is 78.4. The van der Waals surface area contributed by atoms with Gasteiger partial charge in [0.15, 0.2) is 0 Å². The lowest BCUT2D eigenvalue weighted by Crippen LogP contribution is -2.12. The fraction of sp³-hybridized carbons (Fsp3) is 0.100. The van der Waals surface area contributed by atoms with Gasteiger partial charge in [-0.1, -0.05) is 30.3 Å². The monoisotopic (exact) mass is 413 g/mol. The van der Waals surface area contributed by atoms with Gasteiger partial charge in [0.2, 0.25) is 0 Å². The van der Waals surface area contributed by atoms with E-state index >= 15 is 0 Å². The summed E-state index contributed by atoms with van der Waals surface area (Å²) >= 11 is 0. The molecule has 3 nitrogen and oxygen atoms in total. The number of nitrogen functional groups attached to an aromatic ring is 3. The molecular formula is C20H17F6N3. The fourth-order valence-corrected chi connectivity index (χ4v) is 2.52. The number of alkyl halides is 6. The number of nitrogens with two attached hydrogens (primary N) is 3. The van der Waals surface area contributed by atoms with Crippen LogP contribution in [0.25, 0.3) is 11.1 Å². The topological polar surface area (TPSA) is 78.1 Å². The smallest absolute Gasteiger partial charge is 0.399 e. The lowest BCUT2D eigenvalue weighted by molar-refractivity contribution is -0.139. The third kappa shape index (κ3) is 5.81. The van der Waals surface area contributed by atoms with Crippen LogP contribution in [0.1, 0.15) is 11.1 Å². The van der Waals surface area contributed by atoms with Crippen molar-refractivity contribution >= 4 is 17.1 Å². The summed E-state index contributed by atoms with van der Waals surface area (Å²) in [6.45, 7) is 0. The van der Waals surface area contributed by atoms with Crippen LogP contribution < -0.4 is 17.2 Å². The van der Waals surface area contributed by atoms with E-state index in [1.165, 1.54) is 0 Å². The number of hydrogen-bond donors (Lipinski definition) is 3. The summed E-state index contributed by atoms with van der Waals surface area (Å²) in [7, 11) is 0. The van der Waals surface area contributed by atoms with Gasteiger partial charge >= 0.3 is 12.4 Å². The van der Waals surface area contributed by atoms with Crippen molar-refractivity contribution in [2.75, 3.05) is 17.2 Å². The highest BCUT2D eigenvalue weighted by atomic mass is 19.4. The van der Waals surface area contributed by atoms with Gasteiger partial charge in [-0.05, 0) is 47.5 Å². The molecule has 0 aliphatic heterocycles. The third-order valence-electron chi connectivity index (χ3n) is 3.79. The Morgan fingerprint density at radius 3 is 1.14 bits per heavy atom. The van der Waals surface area contributed by atoms with Crippen LogP contribution >= 0.6 is 0 Å². The van der Waals surface area contributed by atoms with Crippen molar-refractivity contribution in [3.8, 4) is 11.1 Å². The Labute approximate surface area is 162 Å². The first-order valence-corrected chi connectivity index (χ1v) is 8.14. The van der Waals surface area contributed by atoms with Gasteiger partial charge < -0.3 is 17.2 Å². The molecule has 0 aliphatic rings. The van der Waals surface area contributed by atoms with Crippen LogP contribution in [-0.4, -0.2) is 0 Å². The number of para-hydroxylation sites is 1. The number of rotatable bonds is 1. The maximum Gasteiger partial charge on any atom is 0.417 e. The van der Waals surface area contributed by atoms with E-state index in [1.54, 1.807) is 0 Å². The minimum absolute atomic E-state index is 0.194. The Morgan fingerprint density at radius 1 is 0.483 bits per heavy atom. The lowest BCUT2D eigenvalue weighted by Gasteiger charge is -2.18. The van der Waals surface area contributed by atoms with Gasteiger partial charge in [0.05, 0.1) is 11.1 Å². The Hall–Kier alpha value is -3.36. The molecule has 154 valence electrons. The van der Waals surface area contributed by atoms with E-state index in [-0.39, 0.29) is 11.4 Å². The Kier molecular flexibility index (Phi) is 6.31. The summed E-state index contributed by atoms with van der Waals surface area (Å²) in [6, 6.07) is 14.7. The molecule has 29 heavy (non-hydrogen) atoms. The normalized spacial score (nSPS) is 11.5. The third-order valence-corrected chi connectivity index (χ3v) is 3.79. The van der Waals surface area contributed by atoms with E-state index in [2.05, 4.69) is 0 Å². The Bertz CT molecular complexity index is 905. The summed E-state index contributed by atoms with van der Waals surface area (Å²) in [5, 5.41) is 0. The highest BCUT2D eigenvalue weighted by molar-refractivity contribution is 5.75. The van der Waals surface area contributed by atoms with Gasteiger partial charge in [-0.3, -0.25) is 0 Å². The molecule has 0 saturated heterocycles. The van der Waals surface area contributed by atoms with Gasteiger partial charge in [-0.25, -0.2) is 0 Å². The minimum Gasteiger partial charge on any atom is -0.399 e. The maximum absolute atomic E-state index is 13.1. The Balaban J connectivity index is 0.000000360. The second kappa shape index (κ2) is 8.34. The highest BCUT2D eigenvalue weighted by Gasteiger charge is 2.38. The number of benzene rings is 3. The fourth-order valence-electron chi connectivity index (χ4n) is 2.52. The number of anilines is 3. The molecule has 0 spiro atoms. The second-order valence-electron chi connectivity index (χ2n) is 6.02. The highest BCUT2D eigenvalue weighted by Crippen LogP contribution is 2.43. The van der Waals surface area contributed by atoms with Gasteiger partial charge in [-0.15, -0.1) is 0 Å². The van der Waals surface area contributed by atoms with Gasteiger partial charge in [0, 0.05) is 17.1 Å². The minimum atomic E-state index is -4.84. The van der Waals surface area contributed by atoms with E-state index in [1.807, 2.05) is 30.3 Å². The van der Waals surface area contributed by atoms with E-state index in [9.17, 15) is 26.3 Å². The Morgan fingerprint density at radius 2 is 0.862 bits per heavy atom. The van der Waals surface area contributed by atoms with Crippen molar-refractivity contribution in [3.05, 3.63) is 77.9 Å². The van der Waals surface area contributed by atoms with E-state index < -0.39 is 34.6 Å². The van der Waals surface area contributed by atoms with Crippen LogP contribution in [0, 0.1) is 0 Å². The SMILES string of the molecule is Nc1ccc(-c2ccc(N)cc2C(F)(F)F)c(C(F)(F)F)c1.Nc1ccccc1. The van der Waals surface area contributed by atoms with Gasteiger partial charge in [-0.2, -0.15) is 26.3 Å². The lowest BCUT2D eigenvalue weighted by atomic mass is 9.94. The first-order chi connectivity index (χ1) is 13.4. The van der Waals surface area contributed by atoms with Crippen LogP contribution in [0.15, 0.2) is 66.7 Å². The summed E-state index contributed by atoms with van der Waals surface area (Å²) in [4.78, 5) is 0. The zero-order valence-corrected chi connectivity index (χ0v) is 14.9. The molecule has 6 N–H and O–H groups in total. The standard InChI is InChI=1S/C14H10F6N2.C6H7N/c15-13(16,17)11-5-7(21)1-3-9(11)10-4-2-8(22)6-12(10)14(18,19)20;7-6-4-2-1-3-5-6/h1-6H,21-22H2;1-5H,7H2. The molecule has 0 radical (unpaired) electrons. The molecule has 0 aromatic heterocycles. The van der Waals surface area contributed by atoms with Crippen LogP contribution in [0.5, 0.6) is 0 Å².